The number of unbranched alkanes of at least 4 members (excludes halogenated alkanes) is 1. The van der Waals surface area contributed by atoms with Gasteiger partial charge in [-0.05, 0) is 50.3 Å². The van der Waals surface area contributed by atoms with E-state index in [1.54, 1.807) is 30.3 Å². The van der Waals surface area contributed by atoms with Gasteiger partial charge >= 0.3 is 0 Å². The maximum atomic E-state index is 12.0. The van der Waals surface area contributed by atoms with Crippen LogP contribution in [-0.2, 0) is 10.0 Å². The largest absolute Gasteiger partial charge is 0.388 e. The Balaban J connectivity index is 1.73. The molecule has 2 N–H and O–H groups in total. The van der Waals surface area contributed by atoms with E-state index in [1.807, 2.05) is 0 Å². The highest BCUT2D eigenvalue weighted by Gasteiger charge is 2.11. The third kappa shape index (κ3) is 5.00. The summed E-state index contributed by atoms with van der Waals surface area (Å²) in [5, 5.41) is 3.36. The molecule has 120 valence electrons. The Labute approximate surface area is 133 Å². The fourth-order valence-corrected chi connectivity index (χ4v) is 3.49. The molecule has 0 aliphatic carbocycles. The maximum absolute atomic E-state index is 12.0. The van der Waals surface area contributed by atoms with E-state index in [1.165, 1.54) is 17.7 Å². The van der Waals surface area contributed by atoms with Crippen molar-refractivity contribution in [2.75, 3.05) is 13.1 Å². The molecule has 1 heterocycles. The molecule has 0 unspecified atom stereocenters. The number of benzene rings is 1. The quantitative estimate of drug-likeness (QED) is 0.759. The highest BCUT2D eigenvalue weighted by Crippen LogP contribution is 2.15. The predicted molar refractivity (Wildman–Crippen MR) is 89.9 cm³/mol. The van der Waals surface area contributed by atoms with E-state index in [2.05, 4.69) is 29.1 Å². The molecule has 0 spiro atoms. The van der Waals surface area contributed by atoms with Gasteiger partial charge in [0, 0.05) is 18.8 Å². The third-order valence-corrected chi connectivity index (χ3v) is 5.18. The molecular formula is C17H24N2O2S. The van der Waals surface area contributed by atoms with Gasteiger partial charge in [0.1, 0.15) is 0 Å². The van der Waals surface area contributed by atoms with E-state index in [4.69, 9.17) is 0 Å². The molecule has 1 aromatic rings. The lowest BCUT2D eigenvalue weighted by molar-refractivity contribution is 0.579. The number of sulfonamides is 1. The Hall–Kier alpha value is -1.59. The number of hydrogen-bond donors (Lipinski definition) is 2. The zero-order valence-electron chi connectivity index (χ0n) is 13.0. The van der Waals surface area contributed by atoms with Crippen LogP contribution in [0.2, 0.25) is 0 Å². The first-order valence-corrected chi connectivity index (χ1v) is 9.23. The predicted octanol–water partition coefficient (Wildman–Crippen LogP) is 2.96. The number of nitrogens with one attached hydrogen (secondary N) is 2. The van der Waals surface area contributed by atoms with Crippen molar-refractivity contribution in [3.05, 3.63) is 53.8 Å². The standard InChI is InChI=1S/C17H24N2O2S/c1-15-16(10-8-13-18-15)9-4-3-7-14-19-22(20,21)17-11-5-2-6-12-17/h2,4-6,9,11-12,18-19H,3,7-8,10,13-14H2,1H3/b9-4-. The van der Waals surface area contributed by atoms with Crippen molar-refractivity contribution in [3.63, 3.8) is 0 Å². The normalized spacial score (nSPS) is 16.0. The van der Waals surface area contributed by atoms with E-state index < -0.39 is 10.0 Å². The van der Waals surface area contributed by atoms with Crippen molar-refractivity contribution in [1.82, 2.24) is 10.0 Å². The van der Waals surface area contributed by atoms with Gasteiger partial charge in [0.2, 0.25) is 10.0 Å². The second-order valence-electron chi connectivity index (χ2n) is 5.44. The fourth-order valence-electron chi connectivity index (χ4n) is 2.40. The van der Waals surface area contributed by atoms with Crippen LogP contribution in [0.4, 0.5) is 0 Å². The zero-order valence-corrected chi connectivity index (χ0v) is 13.8. The molecule has 5 heteroatoms. The first-order chi connectivity index (χ1) is 10.6. The summed E-state index contributed by atoms with van der Waals surface area (Å²) in [5.41, 5.74) is 2.61. The molecule has 1 aliphatic rings. The summed E-state index contributed by atoms with van der Waals surface area (Å²) in [4.78, 5) is 0.319. The second kappa shape index (κ2) is 8.15. The van der Waals surface area contributed by atoms with Gasteiger partial charge in [-0.2, -0.15) is 0 Å². The molecule has 0 bridgehead atoms. The Morgan fingerprint density at radius 1 is 1.27 bits per heavy atom. The monoisotopic (exact) mass is 320 g/mol. The molecule has 0 saturated heterocycles. The van der Waals surface area contributed by atoms with Crippen LogP contribution >= 0.6 is 0 Å². The summed E-state index contributed by atoms with van der Waals surface area (Å²) in [7, 11) is -3.37. The Morgan fingerprint density at radius 3 is 2.77 bits per heavy atom. The first-order valence-electron chi connectivity index (χ1n) is 7.74. The molecular weight excluding hydrogens is 296 g/mol. The van der Waals surface area contributed by atoms with E-state index in [0.717, 1.165) is 25.8 Å². The van der Waals surface area contributed by atoms with Crippen LogP contribution in [0.5, 0.6) is 0 Å². The fraction of sp³-hybridized carbons (Fsp3) is 0.412. The van der Waals surface area contributed by atoms with Crippen molar-refractivity contribution in [3.8, 4) is 0 Å². The topological polar surface area (TPSA) is 58.2 Å². The van der Waals surface area contributed by atoms with Gasteiger partial charge in [-0.25, -0.2) is 13.1 Å². The lowest BCUT2D eigenvalue weighted by Crippen LogP contribution is -2.24. The average molecular weight is 320 g/mol. The maximum Gasteiger partial charge on any atom is 0.240 e. The summed E-state index contributed by atoms with van der Waals surface area (Å²) in [6.45, 7) is 3.62. The van der Waals surface area contributed by atoms with E-state index in [9.17, 15) is 8.42 Å². The van der Waals surface area contributed by atoms with Crippen LogP contribution in [0.1, 0.15) is 32.6 Å². The minimum Gasteiger partial charge on any atom is -0.388 e. The van der Waals surface area contributed by atoms with E-state index >= 15 is 0 Å². The van der Waals surface area contributed by atoms with Gasteiger partial charge in [0.15, 0.2) is 0 Å². The van der Waals surface area contributed by atoms with E-state index in [0.29, 0.717) is 11.4 Å². The smallest absolute Gasteiger partial charge is 0.240 e. The van der Waals surface area contributed by atoms with Gasteiger partial charge in [0.25, 0.3) is 0 Å². The average Bonchev–Trinajstić information content (AvgIpc) is 2.53. The van der Waals surface area contributed by atoms with Gasteiger partial charge in [-0.1, -0.05) is 30.4 Å². The summed E-state index contributed by atoms with van der Waals surface area (Å²) >= 11 is 0. The molecule has 4 nitrogen and oxygen atoms in total. The minimum atomic E-state index is -3.37. The molecule has 0 atom stereocenters. The van der Waals surface area contributed by atoms with Crippen molar-refractivity contribution in [2.45, 2.75) is 37.5 Å². The summed E-state index contributed by atoms with van der Waals surface area (Å²) < 4.78 is 26.7. The van der Waals surface area contributed by atoms with Crippen LogP contribution in [0, 0.1) is 0 Å². The van der Waals surface area contributed by atoms with Crippen LogP contribution in [0.3, 0.4) is 0 Å². The Kier molecular flexibility index (Phi) is 6.21. The zero-order chi connectivity index (χ0) is 15.8. The summed E-state index contributed by atoms with van der Waals surface area (Å²) in [6.07, 6.45) is 8.25. The van der Waals surface area contributed by atoms with Crippen molar-refractivity contribution in [2.24, 2.45) is 0 Å². The molecule has 0 fully saturated rings. The lowest BCUT2D eigenvalue weighted by atomic mass is 10.0. The van der Waals surface area contributed by atoms with Crippen LogP contribution in [0.25, 0.3) is 0 Å². The van der Waals surface area contributed by atoms with Gasteiger partial charge in [-0.15, -0.1) is 0 Å². The Bertz CT molecular complexity index is 634. The molecule has 0 radical (unpaired) electrons. The van der Waals surface area contributed by atoms with Crippen LogP contribution in [-0.4, -0.2) is 21.5 Å². The molecule has 2 rings (SSSR count). The molecule has 0 saturated carbocycles. The molecule has 0 aromatic heterocycles. The number of hydrogen-bond acceptors (Lipinski definition) is 3. The Morgan fingerprint density at radius 2 is 2.05 bits per heavy atom. The van der Waals surface area contributed by atoms with Crippen molar-refractivity contribution in [1.29, 1.82) is 0 Å². The summed E-state index contributed by atoms with van der Waals surface area (Å²) in [6, 6.07) is 8.47. The van der Waals surface area contributed by atoms with Crippen LogP contribution < -0.4 is 10.0 Å². The molecule has 1 aliphatic heterocycles. The SMILES string of the molecule is CC1=C(/C=C\CCCNS(=O)(=O)c2ccccc2)CCCN1. The highest BCUT2D eigenvalue weighted by molar-refractivity contribution is 7.89. The second-order valence-corrected chi connectivity index (χ2v) is 7.20. The van der Waals surface area contributed by atoms with Crippen molar-refractivity contribution >= 4 is 10.0 Å². The van der Waals surface area contributed by atoms with Gasteiger partial charge in [0.05, 0.1) is 4.90 Å². The third-order valence-electron chi connectivity index (χ3n) is 3.71. The number of rotatable bonds is 7. The number of allylic oxidation sites excluding steroid dienone is 4. The van der Waals surface area contributed by atoms with Gasteiger partial charge < -0.3 is 5.32 Å². The van der Waals surface area contributed by atoms with E-state index in [-0.39, 0.29) is 0 Å². The molecule has 0 amide bonds. The van der Waals surface area contributed by atoms with Crippen molar-refractivity contribution < 1.29 is 8.42 Å². The highest BCUT2D eigenvalue weighted by atomic mass is 32.2. The molecule has 1 aromatic carbocycles. The molecule has 22 heavy (non-hydrogen) atoms. The first kappa shape index (κ1) is 16.8. The lowest BCUT2D eigenvalue weighted by Gasteiger charge is -2.17. The summed E-state index contributed by atoms with van der Waals surface area (Å²) in [5.74, 6) is 0. The minimum absolute atomic E-state index is 0.319. The van der Waals surface area contributed by atoms with Gasteiger partial charge in [-0.3, -0.25) is 0 Å². The van der Waals surface area contributed by atoms with Crippen LogP contribution in [0.15, 0.2) is 58.6 Å².